The van der Waals surface area contributed by atoms with Gasteiger partial charge in [-0.05, 0) is 44.3 Å². The van der Waals surface area contributed by atoms with Crippen molar-refractivity contribution >= 4 is 11.1 Å². The molecule has 2 aliphatic rings. The first kappa shape index (κ1) is 17.0. The van der Waals surface area contributed by atoms with E-state index in [4.69, 9.17) is 9.40 Å². The molecule has 0 spiro atoms. The molecule has 2 fully saturated rings. The molecule has 1 aromatic heterocycles. The maximum Gasteiger partial charge on any atom is 0.209 e. The lowest BCUT2D eigenvalue weighted by atomic mass is 10.2. The van der Waals surface area contributed by atoms with E-state index in [9.17, 15) is 0 Å². The molecule has 136 valence electrons. The molecule has 0 radical (unpaired) electrons. The summed E-state index contributed by atoms with van der Waals surface area (Å²) in [6, 6.07) is 6.47. The fraction of sp³-hybridized carbons (Fsp3) is 0.632. The van der Waals surface area contributed by atoms with E-state index in [1.165, 1.54) is 18.5 Å². The SMILES string of the molecule is CN1CCN(Cc2nc3cc(CN4CCCNCC4)ccc3o2)CC1. The zero-order chi connectivity index (χ0) is 17.1. The van der Waals surface area contributed by atoms with Crippen LogP contribution in [-0.2, 0) is 13.1 Å². The maximum atomic E-state index is 5.97. The highest BCUT2D eigenvalue weighted by Gasteiger charge is 2.17. The molecule has 0 aliphatic carbocycles. The van der Waals surface area contributed by atoms with Crippen LogP contribution in [0, 0.1) is 0 Å². The molecule has 1 N–H and O–H groups in total. The number of hydrogen-bond donors (Lipinski definition) is 1. The Morgan fingerprint density at radius 2 is 1.84 bits per heavy atom. The van der Waals surface area contributed by atoms with E-state index in [1.54, 1.807) is 0 Å². The number of nitrogens with zero attached hydrogens (tertiary/aromatic N) is 4. The van der Waals surface area contributed by atoms with E-state index in [2.05, 4.69) is 45.3 Å². The second kappa shape index (κ2) is 7.83. The first-order valence-electron chi connectivity index (χ1n) is 9.48. The molecule has 4 rings (SSSR count). The van der Waals surface area contributed by atoms with Crippen molar-refractivity contribution in [2.75, 3.05) is 59.4 Å². The fourth-order valence-corrected chi connectivity index (χ4v) is 3.70. The number of benzene rings is 1. The Hall–Kier alpha value is -1.47. The highest BCUT2D eigenvalue weighted by molar-refractivity contribution is 5.73. The Bertz CT molecular complexity index is 684. The van der Waals surface area contributed by atoms with E-state index in [1.807, 2.05) is 0 Å². The van der Waals surface area contributed by atoms with Gasteiger partial charge >= 0.3 is 0 Å². The Kier molecular flexibility index (Phi) is 5.31. The van der Waals surface area contributed by atoms with Gasteiger partial charge in [-0.1, -0.05) is 6.07 Å². The van der Waals surface area contributed by atoms with E-state index >= 15 is 0 Å². The third-order valence-electron chi connectivity index (χ3n) is 5.29. The van der Waals surface area contributed by atoms with Crippen LogP contribution in [-0.4, -0.2) is 79.1 Å². The summed E-state index contributed by atoms with van der Waals surface area (Å²) in [5.41, 5.74) is 3.23. The number of likely N-dealkylation sites (N-methyl/N-ethyl adjacent to an activating group) is 1. The first-order chi connectivity index (χ1) is 12.3. The van der Waals surface area contributed by atoms with Gasteiger partial charge in [-0.25, -0.2) is 4.98 Å². The normalized spacial score (nSPS) is 21.6. The van der Waals surface area contributed by atoms with Crippen molar-refractivity contribution < 1.29 is 4.42 Å². The molecule has 0 atom stereocenters. The third kappa shape index (κ3) is 4.39. The van der Waals surface area contributed by atoms with Gasteiger partial charge in [-0.15, -0.1) is 0 Å². The number of hydrogen-bond acceptors (Lipinski definition) is 6. The molecule has 6 nitrogen and oxygen atoms in total. The largest absolute Gasteiger partial charge is 0.439 e. The minimum absolute atomic E-state index is 0.815. The van der Waals surface area contributed by atoms with Crippen molar-refractivity contribution in [1.82, 2.24) is 25.0 Å². The van der Waals surface area contributed by atoms with Gasteiger partial charge in [0, 0.05) is 45.8 Å². The van der Waals surface area contributed by atoms with Crippen LogP contribution in [0.2, 0.25) is 0 Å². The average molecular weight is 343 g/mol. The molecular formula is C19H29N5O. The second-order valence-electron chi connectivity index (χ2n) is 7.37. The van der Waals surface area contributed by atoms with Gasteiger partial charge in [0.2, 0.25) is 5.89 Å². The predicted octanol–water partition coefficient (Wildman–Crippen LogP) is 1.37. The first-order valence-corrected chi connectivity index (χ1v) is 9.48. The number of piperazine rings is 1. The molecule has 0 unspecified atom stereocenters. The quantitative estimate of drug-likeness (QED) is 0.905. The molecule has 0 saturated carbocycles. The van der Waals surface area contributed by atoms with Crippen LogP contribution in [0.3, 0.4) is 0 Å². The van der Waals surface area contributed by atoms with Crippen LogP contribution >= 0.6 is 0 Å². The van der Waals surface area contributed by atoms with E-state index in [-0.39, 0.29) is 0 Å². The van der Waals surface area contributed by atoms with Gasteiger partial charge in [-0.3, -0.25) is 9.80 Å². The van der Waals surface area contributed by atoms with Gasteiger partial charge in [0.05, 0.1) is 6.54 Å². The fourth-order valence-electron chi connectivity index (χ4n) is 3.70. The molecule has 25 heavy (non-hydrogen) atoms. The Morgan fingerprint density at radius 1 is 1.00 bits per heavy atom. The van der Waals surface area contributed by atoms with Gasteiger partial charge in [-0.2, -0.15) is 0 Å². The van der Waals surface area contributed by atoms with Gasteiger partial charge < -0.3 is 14.6 Å². The highest BCUT2D eigenvalue weighted by Crippen LogP contribution is 2.20. The summed E-state index contributed by atoms with van der Waals surface area (Å²) in [7, 11) is 2.18. The van der Waals surface area contributed by atoms with Crippen LogP contribution < -0.4 is 5.32 Å². The molecule has 1 aromatic carbocycles. The second-order valence-corrected chi connectivity index (χ2v) is 7.37. The van der Waals surface area contributed by atoms with E-state index < -0.39 is 0 Å². The summed E-state index contributed by atoms with van der Waals surface area (Å²) < 4.78 is 5.97. The Labute approximate surface area is 149 Å². The van der Waals surface area contributed by atoms with Crippen molar-refractivity contribution in [2.45, 2.75) is 19.5 Å². The Morgan fingerprint density at radius 3 is 2.72 bits per heavy atom. The molecule has 3 heterocycles. The molecule has 0 amide bonds. The monoisotopic (exact) mass is 343 g/mol. The number of fused-ring (bicyclic) bond motifs is 1. The topological polar surface area (TPSA) is 47.8 Å². The maximum absolute atomic E-state index is 5.97. The molecule has 2 aliphatic heterocycles. The molecule has 0 bridgehead atoms. The number of rotatable bonds is 4. The summed E-state index contributed by atoms with van der Waals surface area (Å²) in [5.74, 6) is 0.843. The van der Waals surface area contributed by atoms with Crippen molar-refractivity contribution in [1.29, 1.82) is 0 Å². The van der Waals surface area contributed by atoms with Crippen molar-refractivity contribution in [3.8, 4) is 0 Å². The van der Waals surface area contributed by atoms with Crippen molar-refractivity contribution in [3.05, 3.63) is 29.7 Å². The van der Waals surface area contributed by atoms with Crippen molar-refractivity contribution in [2.24, 2.45) is 0 Å². The highest BCUT2D eigenvalue weighted by atomic mass is 16.3. The van der Waals surface area contributed by atoms with Crippen LogP contribution in [0.1, 0.15) is 17.9 Å². The smallest absolute Gasteiger partial charge is 0.209 e. The van der Waals surface area contributed by atoms with Gasteiger partial charge in [0.15, 0.2) is 5.58 Å². The van der Waals surface area contributed by atoms with Crippen LogP contribution in [0.5, 0.6) is 0 Å². The molecule has 2 aromatic rings. The van der Waals surface area contributed by atoms with E-state index in [0.29, 0.717) is 0 Å². The number of nitrogens with one attached hydrogen (secondary N) is 1. The average Bonchev–Trinajstić information content (AvgIpc) is 2.82. The Balaban J connectivity index is 1.42. The summed E-state index contributed by atoms with van der Waals surface area (Å²) in [4.78, 5) is 12.1. The summed E-state index contributed by atoms with van der Waals surface area (Å²) in [6.45, 7) is 10.7. The number of aromatic nitrogens is 1. The van der Waals surface area contributed by atoms with E-state index in [0.717, 1.165) is 75.9 Å². The lowest BCUT2D eigenvalue weighted by Gasteiger charge is -2.31. The third-order valence-corrected chi connectivity index (χ3v) is 5.29. The zero-order valence-corrected chi connectivity index (χ0v) is 15.2. The minimum Gasteiger partial charge on any atom is -0.439 e. The van der Waals surface area contributed by atoms with Crippen LogP contribution in [0.25, 0.3) is 11.1 Å². The predicted molar refractivity (Wildman–Crippen MR) is 99.5 cm³/mol. The standard InChI is InChI=1S/C19H29N5O/c1-22-9-11-24(12-10-22)15-19-21-17-13-16(3-4-18(17)25-19)14-23-7-2-5-20-6-8-23/h3-4,13,20H,2,5-12,14-15H2,1H3. The van der Waals surface area contributed by atoms with Gasteiger partial charge in [0.25, 0.3) is 0 Å². The minimum atomic E-state index is 0.815. The van der Waals surface area contributed by atoms with Crippen LogP contribution in [0.4, 0.5) is 0 Å². The number of oxazole rings is 1. The molecule has 2 saturated heterocycles. The molecule has 6 heteroatoms. The zero-order valence-electron chi connectivity index (χ0n) is 15.2. The van der Waals surface area contributed by atoms with Crippen LogP contribution in [0.15, 0.2) is 22.6 Å². The lowest BCUT2D eigenvalue weighted by Crippen LogP contribution is -2.43. The summed E-state index contributed by atoms with van der Waals surface area (Å²) in [5, 5.41) is 3.46. The summed E-state index contributed by atoms with van der Waals surface area (Å²) >= 11 is 0. The van der Waals surface area contributed by atoms with Gasteiger partial charge in [0.1, 0.15) is 5.52 Å². The molecular weight excluding hydrogens is 314 g/mol. The summed E-state index contributed by atoms with van der Waals surface area (Å²) in [6.07, 6.45) is 1.22. The lowest BCUT2D eigenvalue weighted by molar-refractivity contribution is 0.139. The van der Waals surface area contributed by atoms with Crippen molar-refractivity contribution in [3.63, 3.8) is 0 Å².